The van der Waals surface area contributed by atoms with Gasteiger partial charge in [0.1, 0.15) is 6.04 Å². The van der Waals surface area contributed by atoms with Crippen LogP contribution in [0.25, 0.3) is 0 Å². The van der Waals surface area contributed by atoms with Crippen LogP contribution in [0.1, 0.15) is 61.0 Å². The summed E-state index contributed by atoms with van der Waals surface area (Å²) in [4.78, 5) is 39.2. The highest BCUT2D eigenvalue weighted by Crippen LogP contribution is 2.23. The van der Waals surface area contributed by atoms with Crippen molar-refractivity contribution in [2.24, 2.45) is 0 Å². The van der Waals surface area contributed by atoms with Crippen LogP contribution >= 0.6 is 11.3 Å². The lowest BCUT2D eigenvalue weighted by Gasteiger charge is -2.23. The monoisotopic (exact) mass is 378 g/mol. The van der Waals surface area contributed by atoms with E-state index >= 15 is 0 Å². The highest BCUT2D eigenvalue weighted by molar-refractivity contribution is 7.12. The minimum absolute atomic E-state index is 0.137. The van der Waals surface area contributed by atoms with E-state index in [1.54, 1.807) is 11.0 Å². The van der Waals surface area contributed by atoms with E-state index in [0.29, 0.717) is 17.8 Å². The summed E-state index contributed by atoms with van der Waals surface area (Å²) in [6.07, 6.45) is 8.04. The van der Waals surface area contributed by atoms with Gasteiger partial charge in [0.05, 0.1) is 4.88 Å². The SMILES string of the molecule is O=C(COC(=O)C1CCCN1C(=O)c1cccs1)NC1CCCCCC1. The Morgan fingerprint density at radius 2 is 1.88 bits per heavy atom. The summed E-state index contributed by atoms with van der Waals surface area (Å²) < 4.78 is 5.22. The molecule has 1 aliphatic carbocycles. The molecule has 0 aromatic carbocycles. The molecular weight excluding hydrogens is 352 g/mol. The van der Waals surface area contributed by atoms with Crippen molar-refractivity contribution < 1.29 is 19.1 Å². The maximum atomic E-state index is 12.5. The van der Waals surface area contributed by atoms with E-state index in [9.17, 15) is 14.4 Å². The molecule has 0 radical (unpaired) electrons. The number of rotatable bonds is 5. The van der Waals surface area contributed by atoms with Gasteiger partial charge in [-0.2, -0.15) is 0 Å². The molecule has 1 N–H and O–H groups in total. The fourth-order valence-corrected chi connectivity index (χ4v) is 4.40. The summed E-state index contributed by atoms with van der Waals surface area (Å²) in [6, 6.07) is 3.18. The van der Waals surface area contributed by atoms with Crippen molar-refractivity contribution >= 4 is 29.1 Å². The lowest BCUT2D eigenvalue weighted by Crippen LogP contribution is -2.43. The number of thiophene rings is 1. The number of amides is 2. The van der Waals surface area contributed by atoms with E-state index in [2.05, 4.69) is 5.32 Å². The van der Waals surface area contributed by atoms with Crippen LogP contribution in [0.15, 0.2) is 17.5 Å². The third kappa shape index (κ3) is 4.84. The van der Waals surface area contributed by atoms with Gasteiger partial charge in [0.15, 0.2) is 6.61 Å². The molecule has 0 spiro atoms. The average molecular weight is 378 g/mol. The van der Waals surface area contributed by atoms with Crippen LogP contribution in [0.4, 0.5) is 0 Å². The first kappa shape index (κ1) is 18.9. The summed E-state index contributed by atoms with van der Waals surface area (Å²) in [7, 11) is 0. The normalized spacial score (nSPS) is 21.2. The molecule has 0 bridgehead atoms. The van der Waals surface area contributed by atoms with Gasteiger partial charge in [0.2, 0.25) is 0 Å². The number of ether oxygens (including phenoxy) is 1. The molecule has 1 unspecified atom stereocenters. The number of hydrogen-bond acceptors (Lipinski definition) is 5. The van der Waals surface area contributed by atoms with Gasteiger partial charge in [-0.1, -0.05) is 31.7 Å². The molecule has 2 amide bonds. The Morgan fingerprint density at radius 3 is 2.58 bits per heavy atom. The van der Waals surface area contributed by atoms with Gasteiger partial charge in [-0.3, -0.25) is 9.59 Å². The zero-order valence-corrected chi connectivity index (χ0v) is 15.8. The van der Waals surface area contributed by atoms with Crippen LogP contribution in [-0.4, -0.2) is 47.9 Å². The van der Waals surface area contributed by atoms with Crippen LogP contribution in [0.3, 0.4) is 0 Å². The molecule has 3 rings (SSSR count). The predicted molar refractivity (Wildman–Crippen MR) is 99.0 cm³/mol. The Labute approximate surface area is 157 Å². The molecule has 2 aliphatic rings. The quantitative estimate of drug-likeness (QED) is 0.631. The number of carbonyl (C=O) groups is 3. The highest BCUT2D eigenvalue weighted by atomic mass is 32.1. The van der Waals surface area contributed by atoms with Crippen molar-refractivity contribution in [2.75, 3.05) is 13.2 Å². The molecule has 1 aromatic heterocycles. The highest BCUT2D eigenvalue weighted by Gasteiger charge is 2.36. The van der Waals surface area contributed by atoms with E-state index < -0.39 is 12.0 Å². The zero-order valence-electron chi connectivity index (χ0n) is 14.9. The lowest BCUT2D eigenvalue weighted by atomic mass is 10.1. The Balaban J connectivity index is 1.47. The van der Waals surface area contributed by atoms with Gasteiger partial charge in [-0.05, 0) is 37.1 Å². The van der Waals surface area contributed by atoms with E-state index in [1.807, 2.05) is 11.4 Å². The minimum Gasteiger partial charge on any atom is -0.454 e. The second-order valence-corrected chi connectivity index (χ2v) is 7.95. The first-order valence-corrected chi connectivity index (χ1v) is 10.3. The number of nitrogens with one attached hydrogen (secondary N) is 1. The Bertz CT molecular complexity index is 623. The van der Waals surface area contributed by atoms with Crippen LogP contribution in [0.2, 0.25) is 0 Å². The van der Waals surface area contributed by atoms with Crippen molar-refractivity contribution in [2.45, 2.75) is 63.5 Å². The van der Waals surface area contributed by atoms with Gasteiger partial charge in [0.25, 0.3) is 11.8 Å². The Morgan fingerprint density at radius 1 is 1.12 bits per heavy atom. The molecular formula is C19H26N2O4S. The zero-order chi connectivity index (χ0) is 18.4. The first-order valence-electron chi connectivity index (χ1n) is 9.45. The number of carbonyl (C=O) groups excluding carboxylic acids is 3. The van der Waals surface area contributed by atoms with E-state index in [1.165, 1.54) is 24.2 Å². The average Bonchev–Trinajstić information content (AvgIpc) is 3.28. The van der Waals surface area contributed by atoms with Crippen molar-refractivity contribution in [1.82, 2.24) is 10.2 Å². The van der Waals surface area contributed by atoms with Crippen molar-refractivity contribution in [3.05, 3.63) is 22.4 Å². The summed E-state index contributed by atoms with van der Waals surface area (Å²) in [5, 5.41) is 4.81. The molecule has 1 saturated carbocycles. The van der Waals surface area contributed by atoms with Gasteiger partial charge in [-0.15, -0.1) is 11.3 Å². The van der Waals surface area contributed by atoms with Gasteiger partial charge in [-0.25, -0.2) is 4.79 Å². The van der Waals surface area contributed by atoms with E-state index in [0.717, 1.165) is 32.1 Å². The number of esters is 1. The molecule has 6 nitrogen and oxygen atoms in total. The smallest absolute Gasteiger partial charge is 0.329 e. The molecule has 1 atom stereocenters. The molecule has 1 aliphatic heterocycles. The van der Waals surface area contributed by atoms with Crippen molar-refractivity contribution in [3.63, 3.8) is 0 Å². The molecule has 1 saturated heterocycles. The minimum atomic E-state index is -0.588. The third-order valence-electron chi connectivity index (χ3n) is 5.08. The molecule has 26 heavy (non-hydrogen) atoms. The topological polar surface area (TPSA) is 75.7 Å². The van der Waals surface area contributed by atoms with Crippen LogP contribution in [0.5, 0.6) is 0 Å². The van der Waals surface area contributed by atoms with Crippen LogP contribution < -0.4 is 5.32 Å². The molecule has 2 fully saturated rings. The summed E-state index contributed by atoms with van der Waals surface area (Å²) >= 11 is 1.36. The molecule has 142 valence electrons. The van der Waals surface area contributed by atoms with Crippen LogP contribution in [0, 0.1) is 0 Å². The number of hydrogen-bond donors (Lipinski definition) is 1. The molecule has 1 aromatic rings. The maximum absolute atomic E-state index is 12.5. The number of nitrogens with zero attached hydrogens (tertiary/aromatic N) is 1. The molecule has 7 heteroatoms. The second kappa shape index (κ2) is 9.16. The predicted octanol–water partition coefficient (Wildman–Crippen LogP) is 2.73. The van der Waals surface area contributed by atoms with Crippen molar-refractivity contribution in [3.8, 4) is 0 Å². The fourth-order valence-electron chi connectivity index (χ4n) is 3.72. The maximum Gasteiger partial charge on any atom is 0.329 e. The summed E-state index contributed by atoms with van der Waals surface area (Å²) in [5.74, 6) is -0.870. The van der Waals surface area contributed by atoms with Crippen LogP contribution in [-0.2, 0) is 14.3 Å². The Kier molecular flexibility index (Phi) is 6.66. The molecule has 2 heterocycles. The summed E-state index contributed by atoms with van der Waals surface area (Å²) in [6.45, 7) is 0.275. The van der Waals surface area contributed by atoms with Gasteiger partial charge in [0, 0.05) is 12.6 Å². The van der Waals surface area contributed by atoms with Crippen molar-refractivity contribution in [1.29, 1.82) is 0 Å². The number of likely N-dealkylation sites (tertiary alicyclic amines) is 1. The Hall–Kier alpha value is -1.89. The van der Waals surface area contributed by atoms with Gasteiger partial charge >= 0.3 is 5.97 Å². The second-order valence-electron chi connectivity index (χ2n) is 7.00. The first-order chi connectivity index (χ1) is 12.6. The fraction of sp³-hybridized carbons (Fsp3) is 0.632. The lowest BCUT2D eigenvalue weighted by molar-refractivity contribution is -0.152. The van der Waals surface area contributed by atoms with E-state index in [-0.39, 0.29) is 24.5 Å². The van der Waals surface area contributed by atoms with E-state index in [4.69, 9.17) is 4.74 Å². The third-order valence-corrected chi connectivity index (χ3v) is 5.94. The largest absolute Gasteiger partial charge is 0.454 e. The summed E-state index contributed by atoms with van der Waals surface area (Å²) in [5.41, 5.74) is 0. The van der Waals surface area contributed by atoms with Gasteiger partial charge < -0.3 is 15.0 Å². The standard InChI is InChI=1S/C19H26N2O4S/c22-17(20-14-7-3-1-2-4-8-14)13-25-19(24)15-9-5-11-21(15)18(23)16-10-6-12-26-16/h6,10,12,14-15H,1-5,7-9,11,13H2,(H,20,22).